The van der Waals surface area contributed by atoms with Crippen molar-refractivity contribution in [2.45, 2.75) is 19.4 Å². The lowest BCUT2D eigenvalue weighted by atomic mass is 10.0. The van der Waals surface area contributed by atoms with Gasteiger partial charge < -0.3 is 10.1 Å². The molecule has 106 valence electrons. The monoisotopic (exact) mass is 289 g/mol. The second-order valence-electron chi connectivity index (χ2n) is 4.95. The summed E-state index contributed by atoms with van der Waals surface area (Å²) in [5.41, 5.74) is 2.60. The molecular formula is C17H20ClNO. The van der Waals surface area contributed by atoms with Crippen LogP contribution in [-0.2, 0) is 6.42 Å². The Morgan fingerprint density at radius 1 is 1.15 bits per heavy atom. The van der Waals surface area contributed by atoms with Gasteiger partial charge in [0.25, 0.3) is 0 Å². The molecule has 1 atom stereocenters. The van der Waals surface area contributed by atoms with Crippen molar-refractivity contribution in [2.75, 3.05) is 13.7 Å². The summed E-state index contributed by atoms with van der Waals surface area (Å²) in [7, 11) is 1.96. The molecule has 2 nitrogen and oxygen atoms in total. The Morgan fingerprint density at radius 2 is 1.95 bits per heavy atom. The molecule has 0 bridgehead atoms. The Labute approximate surface area is 125 Å². The van der Waals surface area contributed by atoms with Gasteiger partial charge in [-0.3, -0.25) is 0 Å². The molecule has 0 aliphatic heterocycles. The van der Waals surface area contributed by atoms with Gasteiger partial charge in [-0.2, -0.15) is 0 Å². The minimum absolute atomic E-state index is 0.274. The van der Waals surface area contributed by atoms with Crippen LogP contribution in [0.1, 0.15) is 11.1 Å². The normalized spacial score (nSPS) is 12.2. The summed E-state index contributed by atoms with van der Waals surface area (Å²) in [5, 5.41) is 3.99. The van der Waals surface area contributed by atoms with Gasteiger partial charge in [-0.05, 0) is 44.2 Å². The van der Waals surface area contributed by atoms with Gasteiger partial charge in [-0.25, -0.2) is 0 Å². The fourth-order valence-electron chi connectivity index (χ4n) is 2.12. The topological polar surface area (TPSA) is 21.3 Å². The molecule has 0 saturated heterocycles. The lowest BCUT2D eigenvalue weighted by molar-refractivity contribution is 0.270. The molecule has 0 aliphatic rings. The predicted molar refractivity (Wildman–Crippen MR) is 84.7 cm³/mol. The molecule has 0 aromatic heterocycles. The average Bonchev–Trinajstić information content (AvgIpc) is 2.43. The van der Waals surface area contributed by atoms with Crippen molar-refractivity contribution in [3.05, 3.63) is 64.7 Å². The number of hydrogen-bond donors (Lipinski definition) is 1. The molecule has 0 radical (unpaired) electrons. The molecule has 2 rings (SSSR count). The second kappa shape index (κ2) is 7.32. The van der Waals surface area contributed by atoms with Crippen molar-refractivity contribution >= 4 is 11.6 Å². The first-order chi connectivity index (χ1) is 9.67. The van der Waals surface area contributed by atoms with E-state index in [1.165, 1.54) is 11.1 Å². The third-order valence-electron chi connectivity index (χ3n) is 3.22. The van der Waals surface area contributed by atoms with Crippen molar-refractivity contribution in [1.82, 2.24) is 5.32 Å². The van der Waals surface area contributed by atoms with Crippen LogP contribution in [0.25, 0.3) is 0 Å². The first-order valence-electron chi connectivity index (χ1n) is 6.78. The first kappa shape index (κ1) is 14.9. The minimum atomic E-state index is 0.274. The summed E-state index contributed by atoms with van der Waals surface area (Å²) in [4.78, 5) is 0. The largest absolute Gasteiger partial charge is 0.492 e. The fraction of sp³-hybridized carbons (Fsp3) is 0.294. The third-order valence-corrected chi connectivity index (χ3v) is 3.46. The van der Waals surface area contributed by atoms with E-state index in [1.807, 2.05) is 31.3 Å². The van der Waals surface area contributed by atoms with Crippen LogP contribution in [0.15, 0.2) is 48.5 Å². The second-order valence-corrected chi connectivity index (χ2v) is 5.38. The average molecular weight is 290 g/mol. The van der Waals surface area contributed by atoms with Gasteiger partial charge in [0.2, 0.25) is 0 Å². The zero-order valence-electron chi connectivity index (χ0n) is 11.9. The highest BCUT2D eigenvalue weighted by molar-refractivity contribution is 6.30. The van der Waals surface area contributed by atoms with Crippen molar-refractivity contribution in [3.8, 4) is 5.75 Å². The maximum absolute atomic E-state index is 5.95. The Balaban J connectivity index is 1.92. The zero-order valence-corrected chi connectivity index (χ0v) is 12.7. The Hall–Kier alpha value is -1.51. The number of ether oxygens (including phenoxy) is 1. The molecule has 2 aromatic carbocycles. The van der Waals surface area contributed by atoms with E-state index in [1.54, 1.807) is 0 Å². The van der Waals surface area contributed by atoms with E-state index in [0.29, 0.717) is 11.6 Å². The summed E-state index contributed by atoms with van der Waals surface area (Å²) < 4.78 is 5.80. The molecule has 20 heavy (non-hydrogen) atoms. The number of hydrogen-bond acceptors (Lipinski definition) is 2. The Morgan fingerprint density at radius 3 is 2.65 bits per heavy atom. The fourth-order valence-corrected chi connectivity index (χ4v) is 2.30. The molecule has 2 aromatic rings. The number of likely N-dealkylation sites (N-methyl/N-ethyl adjacent to an activating group) is 1. The van der Waals surface area contributed by atoms with E-state index >= 15 is 0 Å². The lowest BCUT2D eigenvalue weighted by Crippen LogP contribution is -2.33. The van der Waals surface area contributed by atoms with E-state index in [0.717, 1.165) is 12.2 Å². The van der Waals surface area contributed by atoms with Crippen LogP contribution in [0.4, 0.5) is 0 Å². The van der Waals surface area contributed by atoms with Crippen LogP contribution in [0.2, 0.25) is 5.02 Å². The Bertz CT molecular complexity index is 556. The van der Waals surface area contributed by atoms with Crippen molar-refractivity contribution in [2.24, 2.45) is 0 Å². The van der Waals surface area contributed by atoms with Crippen molar-refractivity contribution < 1.29 is 4.74 Å². The molecule has 0 amide bonds. The van der Waals surface area contributed by atoms with Crippen LogP contribution in [0.5, 0.6) is 5.75 Å². The molecule has 1 unspecified atom stereocenters. The number of nitrogens with one attached hydrogen (secondary N) is 1. The van der Waals surface area contributed by atoms with Crippen LogP contribution in [0.3, 0.4) is 0 Å². The number of rotatable bonds is 6. The van der Waals surface area contributed by atoms with Crippen LogP contribution < -0.4 is 10.1 Å². The molecule has 0 spiro atoms. The highest BCUT2D eigenvalue weighted by Gasteiger charge is 2.08. The molecule has 0 saturated carbocycles. The molecule has 0 heterocycles. The van der Waals surface area contributed by atoms with E-state index in [2.05, 4.69) is 36.5 Å². The first-order valence-corrected chi connectivity index (χ1v) is 7.16. The smallest absolute Gasteiger partial charge is 0.120 e. The van der Waals surface area contributed by atoms with E-state index in [9.17, 15) is 0 Å². The maximum atomic E-state index is 5.95. The lowest BCUT2D eigenvalue weighted by Gasteiger charge is -2.17. The van der Waals surface area contributed by atoms with Gasteiger partial charge in [0.1, 0.15) is 12.4 Å². The third kappa shape index (κ3) is 4.55. The Kier molecular flexibility index (Phi) is 5.45. The SMILES string of the molecule is CNC(COc1cccc(Cl)c1)Cc1cccc(C)c1. The molecule has 3 heteroatoms. The van der Waals surface area contributed by atoms with Gasteiger partial charge in [0.15, 0.2) is 0 Å². The van der Waals surface area contributed by atoms with Gasteiger partial charge >= 0.3 is 0 Å². The molecule has 1 N–H and O–H groups in total. The number of halogens is 1. The zero-order chi connectivity index (χ0) is 14.4. The number of benzene rings is 2. The predicted octanol–water partition coefficient (Wildman–Crippen LogP) is 3.86. The molecule has 0 fully saturated rings. The van der Waals surface area contributed by atoms with Crippen molar-refractivity contribution in [1.29, 1.82) is 0 Å². The van der Waals surface area contributed by atoms with Gasteiger partial charge in [-0.15, -0.1) is 0 Å². The molecular weight excluding hydrogens is 270 g/mol. The summed E-state index contributed by atoms with van der Waals surface area (Å²) >= 11 is 5.95. The summed E-state index contributed by atoms with van der Waals surface area (Å²) in [5.74, 6) is 0.807. The van der Waals surface area contributed by atoms with Crippen LogP contribution in [0, 0.1) is 6.92 Å². The summed E-state index contributed by atoms with van der Waals surface area (Å²) in [6, 6.07) is 16.3. The quantitative estimate of drug-likeness (QED) is 0.872. The maximum Gasteiger partial charge on any atom is 0.120 e. The van der Waals surface area contributed by atoms with E-state index in [4.69, 9.17) is 16.3 Å². The standard InChI is InChI=1S/C17H20ClNO/c1-13-5-3-6-14(9-13)10-16(19-2)12-20-17-8-4-7-15(18)11-17/h3-9,11,16,19H,10,12H2,1-2H3. The van der Waals surface area contributed by atoms with E-state index in [-0.39, 0.29) is 6.04 Å². The van der Waals surface area contributed by atoms with Crippen LogP contribution in [-0.4, -0.2) is 19.7 Å². The highest BCUT2D eigenvalue weighted by atomic mass is 35.5. The summed E-state index contributed by atoms with van der Waals surface area (Å²) in [6.07, 6.45) is 0.943. The van der Waals surface area contributed by atoms with Crippen molar-refractivity contribution in [3.63, 3.8) is 0 Å². The van der Waals surface area contributed by atoms with Gasteiger partial charge in [-0.1, -0.05) is 47.5 Å². The minimum Gasteiger partial charge on any atom is -0.492 e. The molecule has 0 aliphatic carbocycles. The van der Waals surface area contributed by atoms with Crippen LogP contribution >= 0.6 is 11.6 Å². The van der Waals surface area contributed by atoms with Gasteiger partial charge in [0.05, 0.1) is 0 Å². The number of aryl methyl sites for hydroxylation is 1. The highest BCUT2D eigenvalue weighted by Crippen LogP contribution is 2.17. The summed E-state index contributed by atoms with van der Waals surface area (Å²) in [6.45, 7) is 2.73. The van der Waals surface area contributed by atoms with E-state index < -0.39 is 0 Å². The van der Waals surface area contributed by atoms with Gasteiger partial charge in [0, 0.05) is 11.1 Å².